The standard InChI is InChI=1S/C39H34FN3O5/c1-23-34(42-37(48-23)25-13-8-5-9-14-25)38(46)43-30-15-10-16-31(44)35(30)41-29-20-39(2,3)21-32(45)33(29)36(43)27-18-17-26(19-28(27)40)47-22-24-11-6-4-7-12-24/h4-19,36,41,44H,20-22H2,1-3H3. The van der Waals surface area contributed by atoms with Crippen LogP contribution >= 0.6 is 0 Å². The van der Waals surface area contributed by atoms with Gasteiger partial charge in [0.05, 0.1) is 11.7 Å². The number of carbonyl (C=O) groups is 2. The topological polar surface area (TPSA) is 105 Å². The lowest BCUT2D eigenvalue weighted by Crippen LogP contribution is -2.40. The van der Waals surface area contributed by atoms with Crippen molar-refractivity contribution >= 4 is 23.1 Å². The second-order valence-corrected chi connectivity index (χ2v) is 13.0. The molecule has 0 fully saturated rings. The molecule has 8 nitrogen and oxygen atoms in total. The van der Waals surface area contributed by atoms with Gasteiger partial charge >= 0.3 is 0 Å². The van der Waals surface area contributed by atoms with Gasteiger partial charge in [-0.3, -0.25) is 14.5 Å². The van der Waals surface area contributed by atoms with E-state index in [2.05, 4.69) is 10.3 Å². The molecule has 1 aromatic heterocycles. The molecule has 1 aliphatic heterocycles. The van der Waals surface area contributed by atoms with Crippen LogP contribution in [0.4, 0.5) is 15.8 Å². The fourth-order valence-electron chi connectivity index (χ4n) is 6.53. The molecule has 7 rings (SSSR count). The molecular formula is C39H34FN3O5. The Morgan fingerprint density at radius 2 is 1.75 bits per heavy atom. The largest absolute Gasteiger partial charge is 0.506 e. The number of amides is 1. The van der Waals surface area contributed by atoms with E-state index < -0.39 is 23.2 Å². The van der Waals surface area contributed by atoms with Crippen molar-refractivity contribution in [3.8, 4) is 23.0 Å². The molecule has 1 amide bonds. The average molecular weight is 644 g/mol. The molecule has 9 heteroatoms. The number of hydrogen-bond acceptors (Lipinski definition) is 7. The van der Waals surface area contributed by atoms with Crippen molar-refractivity contribution in [2.45, 2.75) is 46.3 Å². The molecule has 0 saturated heterocycles. The number of para-hydroxylation sites is 1. The third-order valence-corrected chi connectivity index (χ3v) is 8.76. The molecule has 0 radical (unpaired) electrons. The van der Waals surface area contributed by atoms with Crippen molar-refractivity contribution in [1.82, 2.24) is 4.98 Å². The summed E-state index contributed by atoms with van der Waals surface area (Å²) in [6.45, 7) is 5.84. The highest BCUT2D eigenvalue weighted by atomic mass is 19.1. The van der Waals surface area contributed by atoms with Crippen LogP contribution in [0.3, 0.4) is 0 Å². The third-order valence-electron chi connectivity index (χ3n) is 8.76. The number of carbonyl (C=O) groups excluding carboxylic acids is 2. The number of fused-ring (bicyclic) bond motifs is 1. The monoisotopic (exact) mass is 643 g/mol. The lowest BCUT2D eigenvalue weighted by atomic mass is 9.73. The number of aryl methyl sites for hydroxylation is 1. The Kier molecular flexibility index (Phi) is 7.83. The summed E-state index contributed by atoms with van der Waals surface area (Å²) in [5, 5.41) is 14.4. The van der Waals surface area contributed by atoms with E-state index in [0.29, 0.717) is 23.4 Å². The third kappa shape index (κ3) is 5.72. The molecule has 242 valence electrons. The Hall–Kier alpha value is -5.70. The van der Waals surface area contributed by atoms with Crippen molar-refractivity contribution in [2.24, 2.45) is 5.41 Å². The molecule has 1 atom stereocenters. The summed E-state index contributed by atoms with van der Waals surface area (Å²) in [6.07, 6.45) is 0.622. The normalized spacial score (nSPS) is 16.9. The van der Waals surface area contributed by atoms with E-state index in [-0.39, 0.29) is 64.4 Å². The highest BCUT2D eigenvalue weighted by Gasteiger charge is 2.45. The molecule has 2 N–H and O–H groups in total. The number of phenols is 1. The van der Waals surface area contributed by atoms with Gasteiger partial charge in [0.15, 0.2) is 11.5 Å². The van der Waals surface area contributed by atoms with Gasteiger partial charge in [-0.2, -0.15) is 0 Å². The Bertz CT molecular complexity index is 2070. The van der Waals surface area contributed by atoms with Crippen LogP contribution in [-0.2, 0) is 11.4 Å². The summed E-state index contributed by atoms with van der Waals surface area (Å²) < 4.78 is 28.3. The number of rotatable bonds is 6. The highest BCUT2D eigenvalue weighted by Crippen LogP contribution is 2.51. The number of aromatic hydroxyl groups is 1. The van der Waals surface area contributed by atoms with E-state index in [0.717, 1.165) is 5.56 Å². The first kappa shape index (κ1) is 30.9. The quantitative estimate of drug-likeness (QED) is 0.179. The Balaban J connectivity index is 1.40. The van der Waals surface area contributed by atoms with Crippen LogP contribution in [0.15, 0.2) is 113 Å². The first-order valence-corrected chi connectivity index (χ1v) is 15.8. The maximum absolute atomic E-state index is 16.5. The lowest BCUT2D eigenvalue weighted by molar-refractivity contribution is -0.118. The van der Waals surface area contributed by atoms with Crippen molar-refractivity contribution in [1.29, 1.82) is 0 Å². The van der Waals surface area contributed by atoms with Crippen LogP contribution in [-0.4, -0.2) is 21.8 Å². The summed E-state index contributed by atoms with van der Waals surface area (Å²) >= 11 is 0. The predicted octanol–water partition coefficient (Wildman–Crippen LogP) is 8.53. The maximum Gasteiger partial charge on any atom is 0.281 e. The number of halogens is 1. The van der Waals surface area contributed by atoms with Gasteiger partial charge in [-0.1, -0.05) is 68.4 Å². The van der Waals surface area contributed by atoms with Crippen LogP contribution in [0.25, 0.3) is 11.5 Å². The summed E-state index contributed by atoms with van der Waals surface area (Å²) in [5.74, 6) is -0.820. The molecule has 0 spiro atoms. The van der Waals surface area contributed by atoms with Crippen molar-refractivity contribution in [2.75, 3.05) is 10.2 Å². The predicted molar refractivity (Wildman–Crippen MR) is 180 cm³/mol. The van der Waals surface area contributed by atoms with E-state index >= 15 is 4.39 Å². The molecule has 0 bridgehead atoms. The summed E-state index contributed by atoms with van der Waals surface area (Å²) in [5.41, 5.74) is 2.55. The first-order valence-electron chi connectivity index (χ1n) is 15.8. The van der Waals surface area contributed by atoms with Crippen LogP contribution in [0.2, 0.25) is 0 Å². The van der Waals surface area contributed by atoms with Gasteiger partial charge in [-0.25, -0.2) is 9.37 Å². The van der Waals surface area contributed by atoms with E-state index in [4.69, 9.17) is 9.15 Å². The minimum atomic E-state index is -1.20. The number of anilines is 2. The minimum absolute atomic E-state index is 0.00371. The van der Waals surface area contributed by atoms with Gasteiger partial charge in [0.25, 0.3) is 5.91 Å². The van der Waals surface area contributed by atoms with Crippen molar-refractivity contribution in [3.05, 3.63) is 137 Å². The second kappa shape index (κ2) is 12.2. The first-order chi connectivity index (χ1) is 23.1. The average Bonchev–Trinajstić information content (AvgIpc) is 3.39. The summed E-state index contributed by atoms with van der Waals surface area (Å²) in [6, 6.07) is 26.7. The Morgan fingerprint density at radius 3 is 2.48 bits per heavy atom. The van der Waals surface area contributed by atoms with Gasteiger partial charge in [-0.05, 0) is 60.7 Å². The van der Waals surface area contributed by atoms with E-state index in [9.17, 15) is 14.7 Å². The van der Waals surface area contributed by atoms with Crippen molar-refractivity contribution in [3.63, 3.8) is 0 Å². The zero-order chi connectivity index (χ0) is 33.6. The molecule has 48 heavy (non-hydrogen) atoms. The Morgan fingerprint density at radius 1 is 1.02 bits per heavy atom. The minimum Gasteiger partial charge on any atom is -0.506 e. The number of phenolic OH excluding ortho intramolecular Hbond substituents is 1. The molecule has 2 aliphatic rings. The van der Waals surface area contributed by atoms with Crippen LogP contribution in [0.1, 0.15) is 60.1 Å². The number of ketones is 1. The van der Waals surface area contributed by atoms with Crippen LogP contribution in [0, 0.1) is 18.2 Å². The number of allylic oxidation sites excluding steroid dienone is 1. The number of oxazole rings is 1. The van der Waals surface area contributed by atoms with Gasteiger partial charge < -0.3 is 19.6 Å². The number of aromatic nitrogens is 1. The smallest absolute Gasteiger partial charge is 0.281 e. The molecule has 5 aromatic rings. The van der Waals surface area contributed by atoms with Gasteiger partial charge in [-0.15, -0.1) is 0 Å². The number of hydrogen-bond donors (Lipinski definition) is 2. The number of nitrogens with one attached hydrogen (secondary N) is 1. The van der Waals surface area contributed by atoms with Gasteiger partial charge in [0.1, 0.15) is 35.4 Å². The SMILES string of the molecule is Cc1oc(-c2ccccc2)nc1C(=O)N1c2cccc(O)c2NC2=C(C(=O)CC(C)(C)C2)C1c1ccc(OCc2ccccc2)cc1F. The fourth-order valence-corrected chi connectivity index (χ4v) is 6.53. The zero-order valence-corrected chi connectivity index (χ0v) is 26.8. The molecule has 4 aromatic carbocycles. The van der Waals surface area contributed by atoms with E-state index in [1.165, 1.54) is 17.0 Å². The molecule has 0 saturated carbocycles. The van der Waals surface area contributed by atoms with Crippen LogP contribution in [0.5, 0.6) is 11.5 Å². The van der Waals surface area contributed by atoms with Crippen molar-refractivity contribution < 1.29 is 28.2 Å². The molecule has 1 aliphatic carbocycles. The number of ether oxygens (including phenoxy) is 1. The van der Waals surface area contributed by atoms with Gasteiger partial charge in [0, 0.05) is 34.9 Å². The molecular weight excluding hydrogens is 609 g/mol. The molecule has 1 unspecified atom stereocenters. The number of Topliss-reactive ketones (excluding diaryl/α,β-unsaturated/α-hetero) is 1. The van der Waals surface area contributed by atoms with E-state index in [1.54, 1.807) is 31.2 Å². The molecule has 2 heterocycles. The fraction of sp³-hybridized carbons (Fsp3) is 0.205. The second-order valence-electron chi connectivity index (χ2n) is 13.0. The Labute approximate surface area is 277 Å². The number of nitrogens with zero attached hydrogens (tertiary/aromatic N) is 2. The van der Waals surface area contributed by atoms with Gasteiger partial charge in [0.2, 0.25) is 5.89 Å². The maximum atomic E-state index is 16.5. The summed E-state index contributed by atoms with van der Waals surface area (Å²) in [7, 11) is 0. The number of benzene rings is 4. The lowest BCUT2D eigenvalue weighted by Gasteiger charge is -2.37. The summed E-state index contributed by atoms with van der Waals surface area (Å²) in [4.78, 5) is 34.9. The van der Waals surface area contributed by atoms with E-state index in [1.807, 2.05) is 74.5 Å². The highest BCUT2D eigenvalue weighted by molar-refractivity contribution is 6.12. The van der Waals surface area contributed by atoms with Crippen LogP contribution < -0.4 is 15.0 Å². The zero-order valence-electron chi connectivity index (χ0n) is 26.8.